The van der Waals surface area contributed by atoms with Gasteiger partial charge in [-0.2, -0.15) is 0 Å². The summed E-state index contributed by atoms with van der Waals surface area (Å²) in [6.07, 6.45) is 0. The Morgan fingerprint density at radius 2 is 1.90 bits per heavy atom. The van der Waals surface area contributed by atoms with Crippen molar-refractivity contribution in [2.24, 2.45) is 0 Å². The minimum Gasteiger partial charge on any atom is -0.482 e. The molecule has 0 aliphatic heterocycles. The molecule has 5 nitrogen and oxygen atoms in total. The molecule has 0 spiro atoms. The largest absolute Gasteiger partial charge is 0.482 e. The van der Waals surface area contributed by atoms with Crippen LogP contribution >= 0.6 is 0 Å². The molecule has 0 bridgehead atoms. The molecular weight excluding hydrogens is 268 g/mol. The molecule has 21 heavy (non-hydrogen) atoms. The van der Waals surface area contributed by atoms with Gasteiger partial charge in [0.1, 0.15) is 5.75 Å². The zero-order valence-electron chi connectivity index (χ0n) is 11.6. The normalized spacial score (nSPS) is 9.95. The summed E-state index contributed by atoms with van der Waals surface area (Å²) >= 11 is 0. The minimum atomic E-state index is -0.320. The van der Waals surface area contributed by atoms with Gasteiger partial charge >= 0.3 is 0 Å². The number of amides is 1. The molecule has 0 atom stereocenters. The van der Waals surface area contributed by atoms with Gasteiger partial charge in [-0.3, -0.25) is 9.59 Å². The van der Waals surface area contributed by atoms with E-state index < -0.39 is 0 Å². The van der Waals surface area contributed by atoms with Crippen LogP contribution in [0.3, 0.4) is 0 Å². The second kappa shape index (κ2) is 6.56. The van der Waals surface area contributed by atoms with Crippen molar-refractivity contribution in [1.82, 2.24) is 0 Å². The monoisotopic (exact) mass is 284 g/mol. The summed E-state index contributed by atoms with van der Waals surface area (Å²) in [5.74, 6) is 0.0866. The highest BCUT2D eigenvalue weighted by atomic mass is 16.5. The number of benzene rings is 2. The molecule has 0 aromatic heterocycles. The van der Waals surface area contributed by atoms with E-state index in [1.165, 1.54) is 6.92 Å². The first-order chi connectivity index (χ1) is 10.1. The number of ketones is 1. The Morgan fingerprint density at radius 3 is 2.62 bits per heavy atom. The summed E-state index contributed by atoms with van der Waals surface area (Å²) in [6.45, 7) is 1.32. The summed E-state index contributed by atoms with van der Waals surface area (Å²) in [4.78, 5) is 23.1. The van der Waals surface area contributed by atoms with E-state index in [1.54, 1.807) is 48.5 Å². The predicted molar refractivity (Wildman–Crippen MR) is 81.4 cm³/mol. The molecule has 0 saturated carbocycles. The van der Waals surface area contributed by atoms with Crippen LogP contribution in [0.1, 0.15) is 17.3 Å². The fourth-order valence-electron chi connectivity index (χ4n) is 1.77. The molecule has 1 amide bonds. The summed E-state index contributed by atoms with van der Waals surface area (Å²) in [6, 6.07) is 13.7. The molecule has 0 radical (unpaired) electrons. The second-order valence-corrected chi connectivity index (χ2v) is 4.51. The van der Waals surface area contributed by atoms with Crippen LogP contribution in [0.4, 0.5) is 11.4 Å². The third-order valence-electron chi connectivity index (χ3n) is 2.83. The maximum absolute atomic E-state index is 11.8. The van der Waals surface area contributed by atoms with E-state index in [-0.39, 0.29) is 18.3 Å². The van der Waals surface area contributed by atoms with Crippen molar-refractivity contribution >= 4 is 23.1 Å². The van der Waals surface area contributed by atoms with E-state index >= 15 is 0 Å². The lowest BCUT2D eigenvalue weighted by atomic mass is 10.1. The highest BCUT2D eigenvalue weighted by Gasteiger charge is 2.07. The van der Waals surface area contributed by atoms with Crippen LogP contribution in [-0.4, -0.2) is 18.3 Å². The molecule has 0 saturated heterocycles. The van der Waals surface area contributed by atoms with Crippen molar-refractivity contribution in [3.8, 4) is 5.75 Å². The highest BCUT2D eigenvalue weighted by Crippen LogP contribution is 2.19. The number of nitrogen functional groups attached to an aromatic ring is 1. The van der Waals surface area contributed by atoms with Crippen LogP contribution < -0.4 is 15.8 Å². The Bertz CT molecular complexity index is 668. The quantitative estimate of drug-likeness (QED) is 0.653. The SMILES string of the molecule is CC(=O)c1cccc(NC(=O)COc2ccccc2N)c1. The van der Waals surface area contributed by atoms with Gasteiger partial charge < -0.3 is 15.8 Å². The fourth-order valence-corrected chi connectivity index (χ4v) is 1.77. The molecule has 0 fully saturated rings. The number of hydrogen-bond donors (Lipinski definition) is 2. The number of carbonyl (C=O) groups excluding carboxylic acids is 2. The molecular formula is C16H16N2O3. The average Bonchev–Trinajstić information content (AvgIpc) is 2.46. The lowest BCUT2D eigenvalue weighted by Crippen LogP contribution is -2.20. The first-order valence-electron chi connectivity index (χ1n) is 6.44. The standard InChI is InChI=1S/C16H16N2O3/c1-11(19)12-5-4-6-13(9-12)18-16(20)10-21-15-8-3-2-7-14(15)17/h2-9H,10,17H2,1H3,(H,18,20). The summed E-state index contributed by atoms with van der Waals surface area (Å²) < 4.78 is 5.34. The molecule has 3 N–H and O–H groups in total. The van der Waals surface area contributed by atoms with Gasteiger partial charge in [0.05, 0.1) is 5.69 Å². The second-order valence-electron chi connectivity index (χ2n) is 4.51. The molecule has 2 aromatic rings. The van der Waals surface area contributed by atoms with Gasteiger partial charge in [-0.1, -0.05) is 24.3 Å². The fraction of sp³-hybridized carbons (Fsp3) is 0.125. The zero-order valence-corrected chi connectivity index (χ0v) is 11.6. The topological polar surface area (TPSA) is 81.4 Å². The minimum absolute atomic E-state index is 0.0561. The third kappa shape index (κ3) is 4.07. The van der Waals surface area contributed by atoms with E-state index in [2.05, 4.69) is 5.32 Å². The van der Waals surface area contributed by atoms with Crippen molar-refractivity contribution in [1.29, 1.82) is 0 Å². The maximum Gasteiger partial charge on any atom is 0.262 e. The van der Waals surface area contributed by atoms with E-state index in [0.717, 1.165) is 0 Å². The molecule has 108 valence electrons. The summed E-state index contributed by atoms with van der Waals surface area (Å²) in [5, 5.41) is 2.67. The van der Waals surface area contributed by atoms with E-state index in [1.807, 2.05) is 0 Å². The van der Waals surface area contributed by atoms with Crippen LogP contribution in [0.5, 0.6) is 5.75 Å². The average molecular weight is 284 g/mol. The van der Waals surface area contributed by atoms with Gasteiger partial charge in [0, 0.05) is 11.3 Å². The number of carbonyl (C=O) groups is 2. The number of para-hydroxylation sites is 2. The van der Waals surface area contributed by atoms with Crippen LogP contribution in [0.25, 0.3) is 0 Å². The van der Waals surface area contributed by atoms with E-state index in [0.29, 0.717) is 22.7 Å². The van der Waals surface area contributed by atoms with Gasteiger partial charge in [-0.15, -0.1) is 0 Å². The van der Waals surface area contributed by atoms with Gasteiger partial charge in [-0.25, -0.2) is 0 Å². The molecule has 2 rings (SSSR count). The number of ether oxygens (including phenoxy) is 1. The Labute approximate surface area is 122 Å². The first-order valence-corrected chi connectivity index (χ1v) is 6.44. The number of hydrogen-bond acceptors (Lipinski definition) is 4. The van der Waals surface area contributed by atoms with Crippen molar-refractivity contribution in [2.45, 2.75) is 6.92 Å². The number of nitrogens with two attached hydrogens (primary N) is 1. The Balaban J connectivity index is 1.95. The summed E-state index contributed by atoms with van der Waals surface area (Å²) in [7, 11) is 0. The van der Waals surface area contributed by atoms with Crippen LogP contribution in [0.15, 0.2) is 48.5 Å². The molecule has 2 aromatic carbocycles. The lowest BCUT2D eigenvalue weighted by molar-refractivity contribution is -0.118. The number of rotatable bonds is 5. The smallest absolute Gasteiger partial charge is 0.262 e. The number of Topliss-reactive ketones (excluding diaryl/α,β-unsaturated/α-hetero) is 1. The third-order valence-corrected chi connectivity index (χ3v) is 2.83. The zero-order chi connectivity index (χ0) is 15.2. The van der Waals surface area contributed by atoms with Gasteiger partial charge in [0.15, 0.2) is 12.4 Å². The number of anilines is 2. The van der Waals surface area contributed by atoms with Gasteiger partial charge in [0.2, 0.25) is 0 Å². The van der Waals surface area contributed by atoms with Crippen molar-refractivity contribution in [3.63, 3.8) is 0 Å². The first kappa shape index (κ1) is 14.6. The van der Waals surface area contributed by atoms with Crippen molar-refractivity contribution in [3.05, 3.63) is 54.1 Å². The maximum atomic E-state index is 11.8. The van der Waals surface area contributed by atoms with E-state index in [4.69, 9.17) is 10.5 Å². The van der Waals surface area contributed by atoms with E-state index in [9.17, 15) is 9.59 Å². The highest BCUT2D eigenvalue weighted by molar-refractivity contribution is 5.97. The Hall–Kier alpha value is -2.82. The molecule has 0 aliphatic carbocycles. The molecule has 5 heteroatoms. The van der Waals surface area contributed by atoms with Crippen LogP contribution in [-0.2, 0) is 4.79 Å². The van der Waals surface area contributed by atoms with Crippen molar-refractivity contribution in [2.75, 3.05) is 17.7 Å². The van der Waals surface area contributed by atoms with Crippen molar-refractivity contribution < 1.29 is 14.3 Å². The van der Waals surface area contributed by atoms with Crippen LogP contribution in [0.2, 0.25) is 0 Å². The Morgan fingerprint density at radius 1 is 1.14 bits per heavy atom. The lowest BCUT2D eigenvalue weighted by Gasteiger charge is -2.09. The number of nitrogens with one attached hydrogen (secondary N) is 1. The van der Waals surface area contributed by atoms with Gasteiger partial charge in [0.25, 0.3) is 5.91 Å². The molecule has 0 aliphatic rings. The molecule has 0 heterocycles. The summed E-state index contributed by atoms with van der Waals surface area (Å²) in [5.41, 5.74) is 7.29. The predicted octanol–water partition coefficient (Wildman–Crippen LogP) is 2.49. The Kier molecular flexibility index (Phi) is 4.56. The van der Waals surface area contributed by atoms with Crippen LogP contribution in [0, 0.1) is 0 Å². The molecule has 0 unspecified atom stereocenters. The van der Waals surface area contributed by atoms with Gasteiger partial charge in [-0.05, 0) is 31.2 Å².